The van der Waals surface area contributed by atoms with E-state index < -0.39 is 0 Å². The van der Waals surface area contributed by atoms with Gasteiger partial charge in [0.15, 0.2) is 0 Å². The van der Waals surface area contributed by atoms with Gasteiger partial charge in [-0.15, -0.1) is 0 Å². The Bertz CT molecular complexity index is 1570. The average Bonchev–Trinajstić information content (AvgIpc) is 3.43. The number of fused-ring (bicyclic) bond motifs is 2. The summed E-state index contributed by atoms with van der Waals surface area (Å²) in [7, 11) is 0. The van der Waals surface area contributed by atoms with Crippen LogP contribution in [0.3, 0.4) is 0 Å². The fourth-order valence-corrected chi connectivity index (χ4v) is 4.68. The number of benzene rings is 1. The molecule has 5 rings (SSSR count). The van der Waals surface area contributed by atoms with Crippen molar-refractivity contribution < 1.29 is 19.4 Å². The van der Waals surface area contributed by atoms with E-state index in [1.807, 2.05) is 36.4 Å². The largest absolute Gasteiger partial charge is 0.508 e. The molecule has 4 heteroatoms. The van der Waals surface area contributed by atoms with E-state index in [0.717, 1.165) is 75.9 Å². The summed E-state index contributed by atoms with van der Waals surface area (Å²) in [4.78, 5) is 11.0. The molecule has 0 aliphatic heterocycles. The number of hydrogen-bond donors (Lipinski definition) is 1. The van der Waals surface area contributed by atoms with Crippen LogP contribution in [0.4, 0.5) is 0 Å². The molecule has 0 amide bonds. The lowest BCUT2D eigenvalue weighted by Gasteiger charge is -2.06. The third-order valence-corrected chi connectivity index (χ3v) is 6.92. The molecule has 0 unspecified atom stereocenters. The van der Waals surface area contributed by atoms with Gasteiger partial charge in [0.25, 0.3) is 0 Å². The molecule has 4 aliphatic rings. The van der Waals surface area contributed by atoms with E-state index in [2.05, 4.69) is 67.0 Å². The number of ether oxygens (including phenoxy) is 2. The number of hydrogen-bond acceptors (Lipinski definition) is 4. The third kappa shape index (κ3) is 7.56. The minimum atomic E-state index is -0.366. The van der Waals surface area contributed by atoms with Gasteiger partial charge in [0.05, 0.1) is 13.2 Å². The molecule has 0 aromatic heterocycles. The molecule has 0 radical (unpaired) electrons. The Morgan fingerprint density at radius 2 is 1.12 bits per heavy atom. The number of rotatable bonds is 10. The van der Waals surface area contributed by atoms with Crippen LogP contribution in [0.25, 0.3) is 33.4 Å². The van der Waals surface area contributed by atoms with E-state index in [9.17, 15) is 9.90 Å². The SMILES string of the molecule is C=CC(=O)OCCCCCCOc1ccc(C#Cc2ccc3cc(-c4ccc5cc(O)cc-5cc4)cc-3cc2)cc1. The molecule has 0 fully saturated rings. The van der Waals surface area contributed by atoms with Crippen molar-refractivity contribution in [2.45, 2.75) is 25.7 Å². The van der Waals surface area contributed by atoms with Crippen molar-refractivity contribution in [3.05, 3.63) is 121 Å². The molecule has 204 valence electrons. The van der Waals surface area contributed by atoms with Gasteiger partial charge in [0.2, 0.25) is 0 Å². The Morgan fingerprint density at radius 1 is 0.634 bits per heavy atom. The zero-order chi connectivity index (χ0) is 28.4. The quantitative estimate of drug-likeness (QED) is 0.0837. The van der Waals surface area contributed by atoms with Crippen LogP contribution < -0.4 is 4.74 Å². The predicted octanol–water partition coefficient (Wildman–Crippen LogP) is 8.34. The van der Waals surface area contributed by atoms with Crippen molar-refractivity contribution in [2.75, 3.05) is 13.2 Å². The van der Waals surface area contributed by atoms with E-state index in [1.165, 1.54) is 6.08 Å². The van der Waals surface area contributed by atoms with Crippen molar-refractivity contribution in [3.8, 4) is 56.7 Å². The first-order chi connectivity index (χ1) is 20.1. The molecule has 0 heterocycles. The van der Waals surface area contributed by atoms with Crippen LogP contribution in [0.2, 0.25) is 0 Å². The van der Waals surface area contributed by atoms with Gasteiger partial charge in [-0.25, -0.2) is 4.79 Å². The fourth-order valence-electron chi connectivity index (χ4n) is 4.68. The fraction of sp³-hybridized carbons (Fsp3) is 0.162. The highest BCUT2D eigenvalue weighted by atomic mass is 16.5. The van der Waals surface area contributed by atoms with Crippen molar-refractivity contribution in [1.29, 1.82) is 0 Å². The first kappa shape index (κ1) is 27.6. The maximum absolute atomic E-state index is 11.0. The lowest BCUT2D eigenvalue weighted by Crippen LogP contribution is -2.02. The molecule has 0 saturated heterocycles. The topological polar surface area (TPSA) is 55.8 Å². The molecule has 1 N–H and O–H groups in total. The second-order valence-electron chi connectivity index (χ2n) is 9.93. The van der Waals surface area contributed by atoms with Crippen LogP contribution in [0.1, 0.15) is 36.8 Å². The smallest absolute Gasteiger partial charge is 0.330 e. The monoisotopic (exact) mass is 540 g/mol. The summed E-state index contributed by atoms with van der Waals surface area (Å²) in [6.07, 6.45) is 5.01. The number of aromatic hydroxyl groups is 1. The van der Waals surface area contributed by atoms with Gasteiger partial charge in [0, 0.05) is 17.2 Å². The van der Waals surface area contributed by atoms with Gasteiger partial charge in [-0.05, 0) is 120 Å². The summed E-state index contributed by atoms with van der Waals surface area (Å²) < 4.78 is 10.8. The molecule has 1 aromatic rings. The molecule has 0 atom stereocenters. The maximum atomic E-state index is 11.0. The minimum absolute atomic E-state index is 0.297. The highest BCUT2D eigenvalue weighted by Crippen LogP contribution is 2.34. The lowest BCUT2D eigenvalue weighted by atomic mass is 10.1. The molecular weight excluding hydrogens is 508 g/mol. The highest BCUT2D eigenvalue weighted by Gasteiger charge is 2.09. The zero-order valence-electron chi connectivity index (χ0n) is 22.9. The first-order valence-electron chi connectivity index (χ1n) is 13.9. The molecule has 0 saturated carbocycles. The molecule has 1 aromatic carbocycles. The van der Waals surface area contributed by atoms with E-state index >= 15 is 0 Å². The molecular formula is C37H32O4. The van der Waals surface area contributed by atoms with Gasteiger partial charge >= 0.3 is 5.97 Å². The standard InChI is InChI=1S/C37H32O4/c1-2-37(39)41-22-6-4-3-5-21-40-36-19-11-28(12-20-36)8-7-27-9-13-30-23-34(24-31(30)14-10-27)29-15-17-32-25-35(38)26-33(32)18-16-29/h2,9-20,23-26,38H,1,3-6,21-22H2. The summed E-state index contributed by atoms with van der Waals surface area (Å²) in [5, 5.41) is 9.73. The van der Waals surface area contributed by atoms with Crippen LogP contribution in [-0.4, -0.2) is 24.3 Å². The highest BCUT2D eigenvalue weighted by molar-refractivity contribution is 5.82. The molecule has 0 bridgehead atoms. The summed E-state index contributed by atoms with van der Waals surface area (Å²) in [5.41, 5.74) is 8.55. The Morgan fingerprint density at radius 3 is 1.71 bits per heavy atom. The van der Waals surface area contributed by atoms with E-state index in [-0.39, 0.29) is 5.97 Å². The third-order valence-electron chi connectivity index (χ3n) is 6.92. The number of unbranched alkanes of at least 4 members (excludes halogenated alkanes) is 3. The van der Waals surface area contributed by atoms with Crippen molar-refractivity contribution in [1.82, 2.24) is 0 Å². The Balaban J connectivity index is 1.14. The molecule has 41 heavy (non-hydrogen) atoms. The van der Waals surface area contributed by atoms with Crippen LogP contribution in [-0.2, 0) is 9.53 Å². The minimum Gasteiger partial charge on any atom is -0.508 e. The van der Waals surface area contributed by atoms with E-state index in [0.29, 0.717) is 19.0 Å². The van der Waals surface area contributed by atoms with E-state index in [1.54, 1.807) is 12.1 Å². The van der Waals surface area contributed by atoms with Gasteiger partial charge < -0.3 is 14.6 Å². The second kappa shape index (κ2) is 13.4. The summed E-state index contributed by atoms with van der Waals surface area (Å²) >= 11 is 0. The Labute approximate surface area is 241 Å². The van der Waals surface area contributed by atoms with Crippen LogP contribution in [0.15, 0.2) is 110 Å². The number of carbonyl (C=O) groups is 1. The van der Waals surface area contributed by atoms with Crippen molar-refractivity contribution in [3.63, 3.8) is 0 Å². The van der Waals surface area contributed by atoms with Crippen LogP contribution >= 0.6 is 0 Å². The van der Waals surface area contributed by atoms with Gasteiger partial charge in [0.1, 0.15) is 11.5 Å². The lowest BCUT2D eigenvalue weighted by molar-refractivity contribution is -0.137. The normalized spacial score (nSPS) is 10.6. The predicted molar refractivity (Wildman–Crippen MR) is 164 cm³/mol. The van der Waals surface area contributed by atoms with Crippen LogP contribution in [0.5, 0.6) is 11.5 Å². The summed E-state index contributed by atoms with van der Waals surface area (Å²) in [6, 6.07) is 32.5. The van der Waals surface area contributed by atoms with Gasteiger partial charge in [-0.2, -0.15) is 0 Å². The van der Waals surface area contributed by atoms with Gasteiger partial charge in [-0.3, -0.25) is 0 Å². The number of carbonyl (C=O) groups excluding carboxylic acids is 1. The van der Waals surface area contributed by atoms with Crippen LogP contribution in [0, 0.1) is 11.8 Å². The Kier molecular flexibility index (Phi) is 8.98. The first-order valence-corrected chi connectivity index (χ1v) is 13.9. The summed E-state index contributed by atoms with van der Waals surface area (Å²) in [5.74, 6) is 7.29. The maximum Gasteiger partial charge on any atom is 0.330 e. The number of esters is 1. The molecule has 4 nitrogen and oxygen atoms in total. The average molecular weight is 541 g/mol. The van der Waals surface area contributed by atoms with Crippen molar-refractivity contribution in [2.24, 2.45) is 0 Å². The molecule has 0 spiro atoms. The van der Waals surface area contributed by atoms with Gasteiger partial charge in [-0.1, -0.05) is 54.8 Å². The Hall–Kier alpha value is -5.01. The second-order valence-corrected chi connectivity index (χ2v) is 9.93. The van der Waals surface area contributed by atoms with E-state index in [4.69, 9.17) is 9.47 Å². The zero-order valence-corrected chi connectivity index (χ0v) is 22.9. The summed E-state index contributed by atoms with van der Waals surface area (Å²) in [6.45, 7) is 4.48. The molecule has 4 aliphatic carbocycles. The van der Waals surface area contributed by atoms with Crippen molar-refractivity contribution >= 4 is 5.97 Å².